The molecule has 21 heavy (non-hydrogen) atoms. The monoisotopic (exact) mass is 305 g/mol. The van der Waals surface area contributed by atoms with Gasteiger partial charge in [-0.25, -0.2) is 0 Å². The summed E-state index contributed by atoms with van der Waals surface area (Å²) >= 11 is 5.67. The van der Waals surface area contributed by atoms with Gasteiger partial charge < -0.3 is 15.2 Å². The van der Waals surface area contributed by atoms with Crippen LogP contribution in [0.4, 0.5) is 0 Å². The van der Waals surface area contributed by atoms with Crippen molar-refractivity contribution in [3.8, 4) is 0 Å². The average Bonchev–Trinajstić information content (AvgIpc) is 2.89. The number of carbonyl (C=O) groups excluding carboxylic acids is 2. The topological polar surface area (TPSA) is 65.2 Å². The molecule has 2 aromatic rings. The molecule has 2 amide bonds. The summed E-state index contributed by atoms with van der Waals surface area (Å²) in [5, 5.41) is 3.74. The highest BCUT2D eigenvalue weighted by atomic mass is 35.5. The van der Waals surface area contributed by atoms with Crippen LogP contribution in [0.2, 0.25) is 0 Å². The fourth-order valence-corrected chi connectivity index (χ4v) is 3.10. The number of para-hydroxylation sites is 1. The maximum absolute atomic E-state index is 12.1. The molecule has 3 rings (SSSR count). The Hall–Kier alpha value is -2.01. The fraction of sp³-hybridized carbons (Fsp3) is 0.333. The Bertz CT molecular complexity index is 710. The summed E-state index contributed by atoms with van der Waals surface area (Å²) < 4.78 is 0. The first-order valence-corrected chi connectivity index (χ1v) is 7.34. The zero-order valence-electron chi connectivity index (χ0n) is 11.6. The van der Waals surface area contributed by atoms with Crippen molar-refractivity contribution in [1.29, 1.82) is 0 Å². The van der Waals surface area contributed by atoms with Gasteiger partial charge in [-0.3, -0.25) is 9.59 Å². The summed E-state index contributed by atoms with van der Waals surface area (Å²) in [6, 6.07) is 7.46. The van der Waals surface area contributed by atoms with Gasteiger partial charge in [-0.05, 0) is 11.6 Å². The average molecular weight is 306 g/mol. The van der Waals surface area contributed by atoms with E-state index in [-0.39, 0.29) is 17.7 Å². The highest BCUT2D eigenvalue weighted by Gasteiger charge is 2.35. The molecule has 1 aromatic carbocycles. The summed E-state index contributed by atoms with van der Waals surface area (Å²) in [7, 11) is 1.58. The van der Waals surface area contributed by atoms with Crippen LogP contribution in [0.15, 0.2) is 24.3 Å². The quantitative estimate of drug-likeness (QED) is 0.824. The maximum Gasteiger partial charge on any atom is 0.242 e. The predicted molar refractivity (Wildman–Crippen MR) is 81.1 cm³/mol. The molecular formula is C15H16ClN3O2. The van der Waals surface area contributed by atoms with E-state index in [1.165, 1.54) is 0 Å². The van der Waals surface area contributed by atoms with Crippen LogP contribution >= 0.6 is 11.6 Å². The van der Waals surface area contributed by atoms with Crippen LogP contribution in [0.25, 0.3) is 10.9 Å². The molecule has 1 aliphatic rings. The number of carbonyl (C=O) groups is 2. The van der Waals surface area contributed by atoms with Crippen LogP contribution in [0, 0.1) is 0 Å². The van der Waals surface area contributed by atoms with Crippen molar-refractivity contribution in [2.45, 2.75) is 19.0 Å². The number of rotatable bonds is 2. The minimum absolute atomic E-state index is 0.122. The smallest absolute Gasteiger partial charge is 0.242 e. The summed E-state index contributed by atoms with van der Waals surface area (Å²) in [6.07, 6.45) is 0.502. The normalized spacial score (nSPS) is 17.6. The first-order valence-electron chi connectivity index (χ1n) is 6.81. The van der Waals surface area contributed by atoms with Crippen molar-refractivity contribution in [3.63, 3.8) is 0 Å². The molecule has 2 N–H and O–H groups in total. The Balaban J connectivity index is 2.07. The van der Waals surface area contributed by atoms with E-state index >= 15 is 0 Å². The molecule has 2 heterocycles. The molecule has 0 fully saturated rings. The van der Waals surface area contributed by atoms with Crippen LogP contribution in [0.3, 0.4) is 0 Å². The molecule has 1 atom stereocenters. The lowest BCUT2D eigenvalue weighted by molar-refractivity contribution is -0.139. The van der Waals surface area contributed by atoms with Crippen LogP contribution in [0.1, 0.15) is 11.3 Å². The van der Waals surface area contributed by atoms with Gasteiger partial charge in [0.2, 0.25) is 11.8 Å². The van der Waals surface area contributed by atoms with E-state index in [9.17, 15) is 9.59 Å². The molecule has 6 heteroatoms. The van der Waals surface area contributed by atoms with Gasteiger partial charge in [0.25, 0.3) is 0 Å². The van der Waals surface area contributed by atoms with E-state index in [0.717, 1.165) is 22.2 Å². The van der Waals surface area contributed by atoms with Crippen molar-refractivity contribution >= 4 is 34.3 Å². The van der Waals surface area contributed by atoms with E-state index in [1.807, 2.05) is 24.3 Å². The Labute approximate surface area is 127 Å². The minimum Gasteiger partial charge on any atom is -0.357 e. The van der Waals surface area contributed by atoms with Crippen molar-refractivity contribution in [2.75, 3.05) is 12.9 Å². The van der Waals surface area contributed by atoms with Gasteiger partial charge in [0.05, 0.1) is 6.54 Å². The number of nitrogens with zero attached hydrogens (tertiary/aromatic N) is 1. The van der Waals surface area contributed by atoms with Crippen molar-refractivity contribution in [2.24, 2.45) is 0 Å². The molecule has 0 saturated carbocycles. The van der Waals surface area contributed by atoms with Crippen molar-refractivity contribution < 1.29 is 9.59 Å². The minimum atomic E-state index is -0.507. The number of likely N-dealkylation sites (N-methyl/N-ethyl adjacent to an activating group) is 1. The molecule has 1 unspecified atom stereocenters. The molecule has 0 saturated heterocycles. The largest absolute Gasteiger partial charge is 0.357 e. The highest BCUT2D eigenvalue weighted by molar-refractivity contribution is 6.27. The van der Waals surface area contributed by atoms with Gasteiger partial charge in [-0.1, -0.05) is 18.2 Å². The van der Waals surface area contributed by atoms with Crippen LogP contribution in [-0.4, -0.2) is 40.7 Å². The van der Waals surface area contributed by atoms with Gasteiger partial charge >= 0.3 is 0 Å². The highest BCUT2D eigenvalue weighted by Crippen LogP contribution is 2.30. The second-order valence-corrected chi connectivity index (χ2v) is 5.38. The molecule has 5 nitrogen and oxygen atoms in total. The molecule has 1 aliphatic heterocycles. The van der Waals surface area contributed by atoms with Crippen LogP contribution < -0.4 is 5.32 Å². The molecule has 0 aliphatic carbocycles. The van der Waals surface area contributed by atoms with Crippen LogP contribution in [0.5, 0.6) is 0 Å². The summed E-state index contributed by atoms with van der Waals surface area (Å²) in [4.78, 5) is 29.0. The second kappa shape index (κ2) is 5.41. The zero-order valence-corrected chi connectivity index (χ0v) is 12.4. The maximum atomic E-state index is 12.1. The SMILES string of the molecule is CNC(=O)C1Cc2c([nH]c3ccccc23)CN1C(=O)CCl. The molecule has 0 radical (unpaired) electrons. The Kier molecular flexibility index (Phi) is 3.59. The molecule has 0 bridgehead atoms. The number of nitrogens with one attached hydrogen (secondary N) is 2. The molecule has 0 spiro atoms. The van der Waals surface area contributed by atoms with E-state index in [2.05, 4.69) is 10.3 Å². The van der Waals surface area contributed by atoms with Crippen molar-refractivity contribution in [3.05, 3.63) is 35.5 Å². The third kappa shape index (κ3) is 2.27. The van der Waals surface area contributed by atoms with E-state index < -0.39 is 6.04 Å². The predicted octanol–water partition coefficient (Wildman–Crippen LogP) is 1.41. The van der Waals surface area contributed by atoms with E-state index in [0.29, 0.717) is 13.0 Å². The number of aromatic nitrogens is 1. The summed E-state index contributed by atoms with van der Waals surface area (Å²) in [6.45, 7) is 0.383. The lowest BCUT2D eigenvalue weighted by Crippen LogP contribution is -2.52. The van der Waals surface area contributed by atoms with Gasteiger partial charge in [0.1, 0.15) is 11.9 Å². The second-order valence-electron chi connectivity index (χ2n) is 5.12. The number of hydrogen-bond acceptors (Lipinski definition) is 2. The van der Waals surface area contributed by atoms with Crippen LogP contribution in [-0.2, 0) is 22.6 Å². The molecule has 110 valence electrons. The fourth-order valence-electron chi connectivity index (χ4n) is 2.95. The number of benzene rings is 1. The lowest BCUT2D eigenvalue weighted by atomic mass is 9.96. The molecule has 1 aromatic heterocycles. The molecular weight excluding hydrogens is 290 g/mol. The number of fused-ring (bicyclic) bond motifs is 3. The number of aromatic amines is 1. The third-order valence-corrected chi connectivity index (χ3v) is 4.22. The van der Waals surface area contributed by atoms with E-state index in [1.54, 1.807) is 11.9 Å². The van der Waals surface area contributed by atoms with Gasteiger partial charge in [-0.15, -0.1) is 11.6 Å². The van der Waals surface area contributed by atoms with Gasteiger partial charge in [0, 0.05) is 30.1 Å². The number of amides is 2. The summed E-state index contributed by atoms with van der Waals surface area (Å²) in [5.74, 6) is -0.512. The van der Waals surface area contributed by atoms with Crippen molar-refractivity contribution in [1.82, 2.24) is 15.2 Å². The standard InChI is InChI=1S/C15H16ClN3O2/c1-17-15(21)13-6-10-9-4-2-3-5-11(9)18-12(10)8-19(13)14(20)7-16/h2-5,13,18H,6-8H2,1H3,(H,17,21). The number of hydrogen-bond donors (Lipinski definition) is 2. The van der Waals surface area contributed by atoms with Gasteiger partial charge in [0.15, 0.2) is 0 Å². The Morgan fingerprint density at radius 3 is 2.90 bits per heavy atom. The first kappa shape index (κ1) is 13.9. The van der Waals surface area contributed by atoms with E-state index in [4.69, 9.17) is 11.6 Å². The number of alkyl halides is 1. The summed E-state index contributed by atoms with van der Waals surface area (Å²) in [5.41, 5.74) is 3.12. The lowest BCUT2D eigenvalue weighted by Gasteiger charge is -2.34. The number of halogens is 1. The van der Waals surface area contributed by atoms with Gasteiger partial charge in [-0.2, -0.15) is 0 Å². The Morgan fingerprint density at radius 2 is 2.19 bits per heavy atom. The Morgan fingerprint density at radius 1 is 1.43 bits per heavy atom. The zero-order chi connectivity index (χ0) is 15.0. The third-order valence-electron chi connectivity index (χ3n) is 3.99. The first-order chi connectivity index (χ1) is 10.2. The number of H-pyrrole nitrogens is 1.